The van der Waals surface area contributed by atoms with Gasteiger partial charge in [0, 0.05) is 18.3 Å². The summed E-state index contributed by atoms with van der Waals surface area (Å²) in [6.45, 7) is 3.75. The van der Waals surface area contributed by atoms with Crippen LogP contribution >= 0.6 is 11.3 Å². The Morgan fingerprint density at radius 2 is 2.08 bits per heavy atom. The van der Waals surface area contributed by atoms with Crippen molar-refractivity contribution in [2.24, 2.45) is 0 Å². The van der Waals surface area contributed by atoms with E-state index < -0.39 is 0 Å². The van der Waals surface area contributed by atoms with Crippen LogP contribution in [-0.2, 0) is 6.42 Å². The Morgan fingerprint density at radius 3 is 2.73 bits per heavy atom. The maximum atomic E-state index is 13.0. The van der Waals surface area contributed by atoms with E-state index in [9.17, 15) is 14.7 Å². The third-order valence-corrected chi connectivity index (χ3v) is 5.85. The minimum Gasteiger partial charge on any atom is -0.393 e. The normalized spacial score (nSPS) is 21.3. The second-order valence-electron chi connectivity index (χ2n) is 7.26. The maximum Gasteiger partial charge on any atom is 0.263 e. The highest BCUT2D eigenvalue weighted by atomic mass is 32.1. The molecule has 0 aliphatic heterocycles. The molecule has 1 fully saturated rings. The molecule has 1 aliphatic rings. The predicted octanol–water partition coefficient (Wildman–Crippen LogP) is 3.06. The third kappa shape index (κ3) is 4.24. The molecule has 6 heteroatoms. The number of pyridine rings is 1. The maximum absolute atomic E-state index is 13.0. The van der Waals surface area contributed by atoms with Crippen molar-refractivity contribution >= 4 is 17.2 Å². The van der Waals surface area contributed by atoms with Crippen molar-refractivity contribution in [2.45, 2.75) is 64.1 Å². The molecule has 5 nitrogen and oxygen atoms in total. The molecular weight excluding hydrogens is 348 g/mol. The molecule has 1 unspecified atom stereocenters. The monoisotopic (exact) mass is 374 g/mol. The summed E-state index contributed by atoms with van der Waals surface area (Å²) in [6, 6.07) is 3.90. The van der Waals surface area contributed by atoms with E-state index >= 15 is 0 Å². The van der Waals surface area contributed by atoms with Gasteiger partial charge in [0.05, 0.1) is 6.10 Å². The Hall–Kier alpha value is -1.92. The SMILES string of the molecule is Cc1ccn(C2CCC(O)CC2)c(=O)c1C(=O)NC(C)Cc1ccsc1. The number of rotatable bonds is 5. The lowest BCUT2D eigenvalue weighted by molar-refractivity contribution is 0.0933. The van der Waals surface area contributed by atoms with E-state index in [4.69, 9.17) is 0 Å². The Kier molecular flexibility index (Phi) is 5.94. The molecule has 2 heterocycles. The fourth-order valence-electron chi connectivity index (χ4n) is 3.65. The zero-order valence-electron chi connectivity index (χ0n) is 15.3. The second-order valence-corrected chi connectivity index (χ2v) is 8.04. The fraction of sp³-hybridized carbons (Fsp3) is 0.500. The first-order chi connectivity index (χ1) is 12.5. The van der Waals surface area contributed by atoms with Gasteiger partial charge in [-0.1, -0.05) is 0 Å². The molecule has 3 rings (SSSR count). The molecule has 0 radical (unpaired) electrons. The Morgan fingerprint density at radius 1 is 1.35 bits per heavy atom. The van der Waals surface area contributed by atoms with Crippen molar-refractivity contribution in [1.82, 2.24) is 9.88 Å². The number of aliphatic hydroxyl groups is 1. The van der Waals surface area contributed by atoms with Crippen molar-refractivity contribution in [2.75, 3.05) is 0 Å². The molecule has 26 heavy (non-hydrogen) atoms. The first-order valence-corrected chi connectivity index (χ1v) is 10.1. The summed E-state index contributed by atoms with van der Waals surface area (Å²) in [5, 5.41) is 16.7. The number of thiophene rings is 1. The van der Waals surface area contributed by atoms with Crippen molar-refractivity contribution < 1.29 is 9.90 Å². The molecule has 1 atom stereocenters. The minimum absolute atomic E-state index is 0.0469. The number of aliphatic hydroxyl groups excluding tert-OH is 1. The van der Waals surface area contributed by atoms with Crippen LogP contribution in [0.1, 0.15) is 60.1 Å². The second kappa shape index (κ2) is 8.18. The van der Waals surface area contributed by atoms with E-state index in [0.717, 1.165) is 19.3 Å². The first-order valence-electron chi connectivity index (χ1n) is 9.17. The molecule has 0 saturated heterocycles. The number of amides is 1. The molecule has 1 saturated carbocycles. The van der Waals surface area contributed by atoms with Crippen LogP contribution in [0, 0.1) is 6.92 Å². The van der Waals surface area contributed by atoms with Crippen LogP contribution in [0.15, 0.2) is 33.9 Å². The molecule has 1 aliphatic carbocycles. The van der Waals surface area contributed by atoms with Gasteiger partial charge in [0.2, 0.25) is 0 Å². The molecular formula is C20H26N2O3S. The molecule has 1 amide bonds. The summed E-state index contributed by atoms with van der Waals surface area (Å²) < 4.78 is 1.68. The van der Waals surface area contributed by atoms with E-state index in [1.807, 2.05) is 24.4 Å². The smallest absolute Gasteiger partial charge is 0.263 e. The van der Waals surface area contributed by atoms with Gasteiger partial charge in [0.1, 0.15) is 5.56 Å². The van der Waals surface area contributed by atoms with Gasteiger partial charge in [-0.05, 0) is 80.0 Å². The molecule has 2 aromatic rings. The largest absolute Gasteiger partial charge is 0.393 e. The Labute approximate surface area is 157 Å². The summed E-state index contributed by atoms with van der Waals surface area (Å²) in [6.07, 6.45) is 5.18. The predicted molar refractivity (Wildman–Crippen MR) is 104 cm³/mol. The summed E-state index contributed by atoms with van der Waals surface area (Å²) in [5.41, 5.74) is 1.88. The number of nitrogens with zero attached hydrogens (tertiary/aromatic N) is 1. The number of carbonyl (C=O) groups excluding carboxylic acids is 1. The van der Waals surface area contributed by atoms with Gasteiger partial charge in [0.25, 0.3) is 11.5 Å². The zero-order valence-corrected chi connectivity index (χ0v) is 16.1. The molecule has 2 N–H and O–H groups in total. The van der Waals surface area contributed by atoms with Crippen LogP contribution in [0.3, 0.4) is 0 Å². The van der Waals surface area contributed by atoms with Gasteiger partial charge in [-0.15, -0.1) is 0 Å². The molecule has 0 bridgehead atoms. The topological polar surface area (TPSA) is 71.3 Å². The zero-order chi connectivity index (χ0) is 18.7. The standard InChI is InChI=1S/C20H26N2O3S/c1-13-7-9-22(16-3-5-17(23)6-4-16)20(25)18(13)19(24)21-14(2)11-15-8-10-26-12-15/h7-10,12,14,16-17,23H,3-6,11H2,1-2H3,(H,21,24). The highest BCUT2D eigenvalue weighted by Crippen LogP contribution is 2.27. The van der Waals surface area contributed by atoms with Crippen molar-refractivity contribution in [1.29, 1.82) is 0 Å². The van der Waals surface area contributed by atoms with Gasteiger partial charge in [-0.25, -0.2) is 0 Å². The number of carbonyl (C=O) groups is 1. The van der Waals surface area contributed by atoms with E-state index in [2.05, 4.69) is 10.7 Å². The van der Waals surface area contributed by atoms with E-state index in [1.165, 1.54) is 5.56 Å². The number of aromatic nitrogens is 1. The molecule has 140 valence electrons. The lowest BCUT2D eigenvalue weighted by atomic mass is 9.92. The minimum atomic E-state index is -0.305. The summed E-state index contributed by atoms with van der Waals surface area (Å²) in [7, 11) is 0. The highest BCUT2D eigenvalue weighted by molar-refractivity contribution is 7.07. The quantitative estimate of drug-likeness (QED) is 0.845. The highest BCUT2D eigenvalue weighted by Gasteiger charge is 2.24. The summed E-state index contributed by atoms with van der Waals surface area (Å²) in [4.78, 5) is 25.7. The van der Waals surface area contributed by atoms with Crippen LogP contribution in [0.25, 0.3) is 0 Å². The van der Waals surface area contributed by atoms with Crippen LogP contribution in [0.2, 0.25) is 0 Å². The molecule has 2 aromatic heterocycles. The van der Waals surface area contributed by atoms with Gasteiger partial charge in [-0.2, -0.15) is 11.3 Å². The van der Waals surface area contributed by atoms with Crippen molar-refractivity contribution in [3.05, 3.63) is 56.1 Å². The van der Waals surface area contributed by atoms with E-state index in [0.29, 0.717) is 18.4 Å². The number of nitrogens with one attached hydrogen (secondary N) is 1. The van der Waals surface area contributed by atoms with Crippen LogP contribution in [0.5, 0.6) is 0 Å². The lowest BCUT2D eigenvalue weighted by Crippen LogP contribution is -2.40. The Balaban J connectivity index is 1.77. The van der Waals surface area contributed by atoms with Crippen LogP contribution in [0.4, 0.5) is 0 Å². The van der Waals surface area contributed by atoms with Crippen LogP contribution < -0.4 is 10.9 Å². The fourth-order valence-corrected chi connectivity index (χ4v) is 4.33. The molecule has 0 spiro atoms. The molecule has 0 aromatic carbocycles. The average molecular weight is 375 g/mol. The van der Waals surface area contributed by atoms with Crippen molar-refractivity contribution in [3.8, 4) is 0 Å². The van der Waals surface area contributed by atoms with Gasteiger partial charge < -0.3 is 15.0 Å². The Bertz CT molecular complexity index is 805. The average Bonchev–Trinajstić information content (AvgIpc) is 3.09. The summed E-state index contributed by atoms with van der Waals surface area (Å²) in [5.74, 6) is -0.305. The number of hydrogen-bond donors (Lipinski definition) is 2. The third-order valence-electron chi connectivity index (χ3n) is 5.11. The lowest BCUT2D eigenvalue weighted by Gasteiger charge is -2.27. The van der Waals surface area contributed by atoms with Gasteiger partial charge >= 0.3 is 0 Å². The van der Waals surface area contributed by atoms with Gasteiger partial charge in [-0.3, -0.25) is 9.59 Å². The van der Waals surface area contributed by atoms with Gasteiger partial charge in [0.15, 0.2) is 0 Å². The van der Waals surface area contributed by atoms with Crippen LogP contribution in [-0.4, -0.2) is 27.7 Å². The number of aryl methyl sites for hydroxylation is 1. The number of hydrogen-bond acceptors (Lipinski definition) is 4. The summed E-state index contributed by atoms with van der Waals surface area (Å²) >= 11 is 1.64. The van der Waals surface area contributed by atoms with Crippen molar-refractivity contribution in [3.63, 3.8) is 0 Å². The van der Waals surface area contributed by atoms with E-state index in [-0.39, 0.29) is 35.2 Å². The van der Waals surface area contributed by atoms with E-state index in [1.54, 1.807) is 29.0 Å². The first kappa shape index (κ1) is 18.9.